The van der Waals surface area contributed by atoms with Gasteiger partial charge in [-0.2, -0.15) is 9.99 Å². The third-order valence-corrected chi connectivity index (χ3v) is 4.63. The van der Waals surface area contributed by atoms with E-state index in [-0.39, 0.29) is 34.8 Å². The van der Waals surface area contributed by atoms with Crippen molar-refractivity contribution in [1.82, 2.24) is 10.3 Å². The van der Waals surface area contributed by atoms with Crippen LogP contribution in [0.3, 0.4) is 0 Å². The fourth-order valence-corrected chi connectivity index (χ4v) is 3.31. The van der Waals surface area contributed by atoms with E-state index in [9.17, 15) is 20.1 Å². The molecule has 1 saturated heterocycles. The molecule has 1 aliphatic rings. The Hall–Kier alpha value is -3.22. The van der Waals surface area contributed by atoms with Crippen molar-refractivity contribution >= 4 is 29.1 Å². The number of benzene rings is 1. The van der Waals surface area contributed by atoms with Crippen LogP contribution in [0, 0.1) is 27.6 Å². The van der Waals surface area contributed by atoms with E-state index >= 15 is 0 Å². The molecule has 1 aromatic carbocycles. The van der Waals surface area contributed by atoms with Crippen molar-refractivity contribution in [3.63, 3.8) is 0 Å². The summed E-state index contributed by atoms with van der Waals surface area (Å²) in [5, 5.41) is 38.3. The number of piperazine rings is 1. The lowest BCUT2D eigenvalue weighted by molar-refractivity contribution is -0.622. The van der Waals surface area contributed by atoms with Gasteiger partial charge >= 0.3 is 11.4 Å². The van der Waals surface area contributed by atoms with Gasteiger partial charge in [0.1, 0.15) is 0 Å². The summed E-state index contributed by atoms with van der Waals surface area (Å²) in [6.07, 6.45) is 2.93. The molecule has 1 N–H and O–H groups in total. The van der Waals surface area contributed by atoms with E-state index < -0.39 is 11.5 Å². The number of pyridine rings is 1. The fourth-order valence-electron chi connectivity index (χ4n) is 3.31. The van der Waals surface area contributed by atoms with Crippen molar-refractivity contribution in [2.24, 2.45) is 0 Å². The number of nitrogens with zero attached hydrogens (tertiary/aromatic N) is 5. The van der Waals surface area contributed by atoms with Gasteiger partial charge in [0.2, 0.25) is 0 Å². The molecule has 8 nitrogen and oxygen atoms in total. The molecule has 0 amide bonds. The lowest BCUT2D eigenvalue weighted by Crippen LogP contribution is -2.45. The Morgan fingerprint density at radius 3 is 2.39 bits per heavy atom. The van der Waals surface area contributed by atoms with E-state index in [2.05, 4.69) is 10.3 Å². The van der Waals surface area contributed by atoms with Gasteiger partial charge in [0.05, 0.1) is 17.3 Å². The number of nitriles is 1. The molecule has 1 fully saturated rings. The molecule has 2 aromatic heterocycles. The highest BCUT2D eigenvalue weighted by atomic mass is 35.5. The maximum absolute atomic E-state index is 14.7. The smallest absolute Gasteiger partial charge is 0.369 e. The van der Waals surface area contributed by atoms with Crippen LogP contribution in [-0.4, -0.2) is 31.2 Å². The van der Waals surface area contributed by atoms with Gasteiger partial charge in [-0.15, -0.1) is 17.1 Å². The van der Waals surface area contributed by atoms with Crippen LogP contribution in [-0.2, 0) is 0 Å². The molecule has 0 aliphatic carbocycles. The third-order valence-electron chi connectivity index (χ3n) is 4.63. The number of fused-ring (bicyclic) bond motifs is 1. The van der Waals surface area contributed by atoms with Gasteiger partial charge < -0.3 is 20.6 Å². The molecule has 0 radical (unpaired) electrons. The molecule has 0 unspecified atom stereocenters. The minimum absolute atomic E-state index is 0. The predicted molar refractivity (Wildman–Crippen MR) is 102 cm³/mol. The molecule has 0 bridgehead atoms. The number of halogens is 2. The van der Waals surface area contributed by atoms with Crippen molar-refractivity contribution in [3.8, 4) is 17.3 Å². The standard InChI is InChI=1S/C18H15FN6O2.ClH/c19-13-9-15-16(10-14(13)23-7-5-22-6-8-23)25(27)18(17(11-20)24(15)26)12-1-3-21-4-2-12;/h1-4,9-10,22H,5-8H2;1H. The molecule has 0 saturated carbocycles. The summed E-state index contributed by atoms with van der Waals surface area (Å²) in [5.74, 6) is -0.602. The molecule has 10 heteroatoms. The van der Waals surface area contributed by atoms with Crippen LogP contribution in [0.4, 0.5) is 10.1 Å². The quantitative estimate of drug-likeness (QED) is 0.506. The normalized spacial score (nSPS) is 13.8. The first-order valence-corrected chi connectivity index (χ1v) is 8.40. The first kappa shape index (κ1) is 19.5. The molecule has 28 heavy (non-hydrogen) atoms. The lowest BCUT2D eigenvalue weighted by Gasteiger charge is -2.29. The molecule has 1 aliphatic heterocycles. The average molecular weight is 403 g/mol. The molecule has 0 atom stereocenters. The molecule has 4 rings (SSSR count). The highest BCUT2D eigenvalue weighted by Crippen LogP contribution is 2.26. The molecule has 0 spiro atoms. The first-order chi connectivity index (χ1) is 13.1. The Morgan fingerprint density at radius 1 is 1.11 bits per heavy atom. The molecule has 3 aromatic rings. The Bertz CT molecular complexity index is 1070. The van der Waals surface area contributed by atoms with Crippen molar-refractivity contribution in [2.75, 3.05) is 31.1 Å². The fraction of sp³-hybridized carbons (Fsp3) is 0.222. The van der Waals surface area contributed by atoms with Crippen molar-refractivity contribution in [3.05, 3.63) is 58.6 Å². The van der Waals surface area contributed by atoms with E-state index in [0.29, 0.717) is 41.2 Å². The van der Waals surface area contributed by atoms with Crippen LogP contribution in [0.2, 0.25) is 0 Å². The van der Waals surface area contributed by atoms with Gasteiger partial charge in [-0.1, -0.05) is 0 Å². The number of aromatic nitrogens is 3. The van der Waals surface area contributed by atoms with E-state index in [1.54, 1.807) is 6.07 Å². The van der Waals surface area contributed by atoms with Gasteiger partial charge in [0.15, 0.2) is 11.9 Å². The highest BCUT2D eigenvalue weighted by Gasteiger charge is 2.31. The zero-order chi connectivity index (χ0) is 19.0. The maximum atomic E-state index is 14.7. The van der Waals surface area contributed by atoms with Crippen LogP contribution in [0.1, 0.15) is 5.69 Å². The van der Waals surface area contributed by atoms with Gasteiger partial charge in [-0.05, 0) is 12.1 Å². The number of hydrogen-bond acceptors (Lipinski definition) is 6. The largest absolute Gasteiger partial charge is 0.617 e. The topological polar surface area (TPSA) is 106 Å². The van der Waals surface area contributed by atoms with Crippen LogP contribution in [0.25, 0.3) is 22.3 Å². The van der Waals surface area contributed by atoms with Crippen LogP contribution < -0.4 is 19.7 Å². The average Bonchev–Trinajstić information content (AvgIpc) is 2.71. The summed E-state index contributed by atoms with van der Waals surface area (Å²) >= 11 is 0. The second-order valence-corrected chi connectivity index (χ2v) is 6.16. The SMILES string of the molecule is Cl.N#Cc1c(-c2ccncc2)[n+]([O-])c2cc(N3CCNCC3)c(F)cc2[n+]1[O-]. The van der Waals surface area contributed by atoms with E-state index in [0.717, 1.165) is 6.07 Å². The maximum Gasteiger partial charge on any atom is 0.369 e. The third kappa shape index (κ3) is 3.13. The monoisotopic (exact) mass is 402 g/mol. The van der Waals surface area contributed by atoms with Crippen molar-refractivity contribution in [1.29, 1.82) is 5.26 Å². The van der Waals surface area contributed by atoms with E-state index in [1.165, 1.54) is 30.6 Å². The van der Waals surface area contributed by atoms with Crippen molar-refractivity contribution in [2.45, 2.75) is 0 Å². The first-order valence-electron chi connectivity index (χ1n) is 8.40. The van der Waals surface area contributed by atoms with Crippen molar-refractivity contribution < 1.29 is 13.9 Å². The number of nitrogens with one attached hydrogen (secondary N) is 1. The number of hydrogen-bond donors (Lipinski definition) is 1. The van der Waals surface area contributed by atoms with Crippen LogP contribution in [0.15, 0.2) is 36.7 Å². The Kier molecular flexibility index (Phi) is 5.44. The van der Waals surface area contributed by atoms with E-state index in [1.807, 2.05) is 4.90 Å². The van der Waals surface area contributed by atoms with Gasteiger partial charge in [0.25, 0.3) is 11.0 Å². The van der Waals surface area contributed by atoms with E-state index in [4.69, 9.17) is 0 Å². The summed E-state index contributed by atoms with van der Waals surface area (Å²) in [7, 11) is 0. The summed E-state index contributed by atoms with van der Waals surface area (Å²) in [4.78, 5) is 5.71. The number of anilines is 1. The Labute approximate surface area is 166 Å². The summed E-state index contributed by atoms with van der Waals surface area (Å²) in [5.41, 5.74) is -0.00476. The van der Waals surface area contributed by atoms with Crippen LogP contribution in [0.5, 0.6) is 0 Å². The zero-order valence-corrected chi connectivity index (χ0v) is 15.4. The molecule has 3 heterocycles. The Balaban J connectivity index is 0.00000225. The molecule has 144 valence electrons. The van der Waals surface area contributed by atoms with Gasteiger partial charge in [-0.25, -0.2) is 4.39 Å². The van der Waals surface area contributed by atoms with Gasteiger partial charge in [0, 0.05) is 44.6 Å². The predicted octanol–water partition coefficient (Wildman–Crippen LogP) is 1.01. The lowest BCUT2D eigenvalue weighted by atomic mass is 10.1. The van der Waals surface area contributed by atoms with Crippen LogP contribution >= 0.6 is 12.4 Å². The second-order valence-electron chi connectivity index (χ2n) is 6.16. The highest BCUT2D eigenvalue weighted by molar-refractivity contribution is 5.85. The summed E-state index contributed by atoms with van der Waals surface area (Å²) in [6.45, 7) is 2.58. The zero-order valence-electron chi connectivity index (χ0n) is 14.6. The Morgan fingerprint density at radius 2 is 1.75 bits per heavy atom. The minimum atomic E-state index is -0.602. The summed E-state index contributed by atoms with van der Waals surface area (Å²) < 4.78 is 15.5. The minimum Gasteiger partial charge on any atom is -0.617 e. The summed E-state index contributed by atoms with van der Waals surface area (Å²) in [6, 6.07) is 7.24. The molecular formula is C18H16ClFN6O2. The molecular weight excluding hydrogens is 387 g/mol. The second kappa shape index (κ2) is 7.80. The number of rotatable bonds is 2. The van der Waals surface area contributed by atoms with Gasteiger partial charge in [-0.3, -0.25) is 4.98 Å².